The minimum atomic E-state index is -0.0458. The first-order valence-electron chi connectivity index (χ1n) is 6.71. The number of rotatable bonds is 7. The van der Waals surface area contributed by atoms with Crippen LogP contribution in [0.5, 0.6) is 0 Å². The molecule has 0 radical (unpaired) electrons. The maximum Gasteiger partial charge on any atom is 0.0834 e. The van der Waals surface area contributed by atoms with Crippen molar-refractivity contribution in [3.8, 4) is 0 Å². The van der Waals surface area contributed by atoms with E-state index < -0.39 is 0 Å². The van der Waals surface area contributed by atoms with E-state index in [1.165, 1.54) is 4.90 Å². The van der Waals surface area contributed by atoms with Gasteiger partial charge >= 0.3 is 0 Å². The Morgan fingerprint density at radius 1 is 1.52 bits per heavy atom. The highest BCUT2D eigenvalue weighted by Gasteiger charge is 2.19. The lowest BCUT2D eigenvalue weighted by Crippen LogP contribution is -2.31. The van der Waals surface area contributed by atoms with E-state index in [-0.39, 0.29) is 6.04 Å². The van der Waals surface area contributed by atoms with Gasteiger partial charge in [-0.1, -0.05) is 40.5 Å². The molecule has 1 aromatic carbocycles. The molecule has 4 nitrogen and oxygen atoms in total. The smallest absolute Gasteiger partial charge is 0.0834 e. The summed E-state index contributed by atoms with van der Waals surface area (Å²) in [6, 6.07) is 8.15. The minimum absolute atomic E-state index is 0.0458. The number of nitrogens with two attached hydrogens (primary N) is 1. The summed E-state index contributed by atoms with van der Waals surface area (Å²) in [5, 5.41) is 4.97. The number of hydrogen-bond donors (Lipinski definition) is 2. The number of nitrogens with one attached hydrogen (secondary N) is 1. The van der Waals surface area contributed by atoms with Crippen molar-refractivity contribution in [3.63, 3.8) is 0 Å². The first kappa shape index (κ1) is 16.8. The number of hydrogen-bond acceptors (Lipinski definition) is 4. The molecule has 1 aromatic heterocycles. The zero-order chi connectivity index (χ0) is 15.2. The summed E-state index contributed by atoms with van der Waals surface area (Å²) < 4.78 is 2.99. The molecule has 2 rings (SSSR count). The lowest BCUT2D eigenvalue weighted by molar-refractivity contribution is 0.509. The lowest BCUT2D eigenvalue weighted by Gasteiger charge is -2.18. The number of aromatic nitrogens is 2. The normalized spacial score (nSPS) is 12.6. The highest BCUT2D eigenvalue weighted by atomic mass is 79.9. The van der Waals surface area contributed by atoms with Crippen LogP contribution < -0.4 is 11.3 Å². The van der Waals surface area contributed by atoms with Crippen LogP contribution in [-0.4, -0.2) is 15.5 Å². The Labute approximate surface area is 142 Å². The monoisotopic (exact) mass is 388 g/mol. The Morgan fingerprint density at radius 2 is 2.33 bits per heavy atom. The van der Waals surface area contributed by atoms with E-state index in [0.29, 0.717) is 5.02 Å². The lowest BCUT2D eigenvalue weighted by atomic mass is 10.2. The number of thioether (sulfide) groups is 1. The fourth-order valence-electron chi connectivity index (χ4n) is 2.05. The Hall–Kier alpha value is -0.530. The van der Waals surface area contributed by atoms with Gasteiger partial charge in [0.2, 0.25) is 0 Å². The second-order valence-electron chi connectivity index (χ2n) is 4.59. The predicted molar refractivity (Wildman–Crippen MR) is 92.5 cm³/mol. The Bertz CT molecular complexity index is 590. The number of hydrazine groups is 1. The molecule has 3 N–H and O–H groups in total. The molecule has 0 aliphatic carbocycles. The van der Waals surface area contributed by atoms with Gasteiger partial charge in [0.05, 0.1) is 23.0 Å². The number of nitrogens with zero attached hydrogens (tertiary/aromatic N) is 2. The van der Waals surface area contributed by atoms with Crippen LogP contribution in [0.25, 0.3) is 0 Å². The maximum atomic E-state index is 6.27. The summed E-state index contributed by atoms with van der Waals surface area (Å²) in [5.41, 5.74) is 3.80. The van der Waals surface area contributed by atoms with Crippen molar-refractivity contribution >= 4 is 39.3 Å². The fourth-order valence-corrected chi connectivity index (χ4v) is 3.87. The zero-order valence-corrected chi connectivity index (χ0v) is 14.9. The van der Waals surface area contributed by atoms with Gasteiger partial charge in [0, 0.05) is 21.7 Å². The van der Waals surface area contributed by atoms with Gasteiger partial charge < -0.3 is 0 Å². The molecule has 7 heteroatoms. The fraction of sp³-hybridized carbons (Fsp3) is 0.357. The van der Waals surface area contributed by atoms with Gasteiger partial charge in [-0.05, 0) is 24.6 Å². The average molecular weight is 390 g/mol. The molecule has 1 heterocycles. The van der Waals surface area contributed by atoms with Crippen LogP contribution in [0.1, 0.15) is 25.1 Å². The SMILES string of the molecule is CCCn1ncc(Cl)c1C(CSc1cccc(Br)c1)NN. The second-order valence-corrected chi connectivity index (χ2v) is 7.00. The van der Waals surface area contributed by atoms with E-state index in [4.69, 9.17) is 17.4 Å². The molecular formula is C14H18BrClN4S. The molecule has 114 valence electrons. The molecule has 0 aliphatic rings. The molecule has 0 bridgehead atoms. The number of halogens is 2. The van der Waals surface area contributed by atoms with Crippen molar-refractivity contribution in [2.45, 2.75) is 30.8 Å². The van der Waals surface area contributed by atoms with Gasteiger partial charge in [-0.25, -0.2) is 0 Å². The van der Waals surface area contributed by atoms with Crippen molar-refractivity contribution in [2.24, 2.45) is 5.84 Å². The molecule has 0 aliphatic heterocycles. The molecule has 0 fully saturated rings. The number of aryl methyl sites for hydroxylation is 1. The zero-order valence-electron chi connectivity index (χ0n) is 11.7. The van der Waals surface area contributed by atoms with Crippen molar-refractivity contribution in [1.29, 1.82) is 0 Å². The van der Waals surface area contributed by atoms with Crippen molar-refractivity contribution in [3.05, 3.63) is 45.7 Å². The maximum absolute atomic E-state index is 6.27. The molecule has 2 aromatic rings. The van der Waals surface area contributed by atoms with Gasteiger partial charge in [0.25, 0.3) is 0 Å². The van der Waals surface area contributed by atoms with Crippen molar-refractivity contribution in [2.75, 3.05) is 5.75 Å². The van der Waals surface area contributed by atoms with Crippen LogP contribution in [0.15, 0.2) is 39.8 Å². The summed E-state index contributed by atoms with van der Waals surface area (Å²) in [4.78, 5) is 1.18. The van der Waals surface area contributed by atoms with Gasteiger partial charge in [-0.15, -0.1) is 11.8 Å². The molecule has 1 unspecified atom stereocenters. The van der Waals surface area contributed by atoms with Gasteiger partial charge in [-0.3, -0.25) is 16.0 Å². The van der Waals surface area contributed by atoms with Crippen LogP contribution in [0, 0.1) is 0 Å². The number of benzene rings is 1. The Morgan fingerprint density at radius 3 is 3.00 bits per heavy atom. The van der Waals surface area contributed by atoms with Crippen LogP contribution >= 0.6 is 39.3 Å². The van der Waals surface area contributed by atoms with Crippen molar-refractivity contribution in [1.82, 2.24) is 15.2 Å². The molecule has 0 saturated heterocycles. The molecule has 0 amide bonds. The average Bonchev–Trinajstić information content (AvgIpc) is 2.82. The Balaban J connectivity index is 2.11. The third-order valence-corrected chi connectivity index (χ3v) is 4.88. The Kier molecular flexibility index (Phi) is 6.57. The van der Waals surface area contributed by atoms with Gasteiger partial charge in [0.1, 0.15) is 0 Å². The first-order valence-corrected chi connectivity index (χ1v) is 8.87. The van der Waals surface area contributed by atoms with Gasteiger partial charge in [0.15, 0.2) is 0 Å². The summed E-state index contributed by atoms with van der Waals surface area (Å²) >= 11 is 11.5. The molecule has 0 saturated carbocycles. The van der Waals surface area contributed by atoms with E-state index in [1.807, 2.05) is 16.8 Å². The van der Waals surface area contributed by atoms with Gasteiger partial charge in [-0.2, -0.15) is 5.10 Å². The van der Waals surface area contributed by atoms with Crippen LogP contribution in [-0.2, 0) is 6.54 Å². The highest BCUT2D eigenvalue weighted by Crippen LogP contribution is 2.29. The summed E-state index contributed by atoms with van der Waals surface area (Å²) in [6.45, 7) is 2.95. The van der Waals surface area contributed by atoms with Crippen LogP contribution in [0.3, 0.4) is 0 Å². The largest absolute Gasteiger partial charge is 0.271 e. The molecule has 0 spiro atoms. The predicted octanol–water partition coefficient (Wildman–Crippen LogP) is 4.01. The quantitative estimate of drug-likeness (QED) is 0.427. The standard InChI is InChI=1S/C14H18BrClN4S/c1-2-6-20-14(12(16)8-18-20)13(19-17)9-21-11-5-3-4-10(15)7-11/h3-5,7-8,13,19H,2,6,9,17H2,1H3. The van der Waals surface area contributed by atoms with Crippen LogP contribution in [0.4, 0.5) is 0 Å². The molecule has 21 heavy (non-hydrogen) atoms. The van der Waals surface area contributed by atoms with E-state index in [2.05, 4.69) is 45.5 Å². The molecular weight excluding hydrogens is 372 g/mol. The third-order valence-electron chi connectivity index (χ3n) is 3.01. The first-order chi connectivity index (χ1) is 10.2. The summed E-state index contributed by atoms with van der Waals surface area (Å²) in [5.74, 6) is 6.50. The van der Waals surface area contributed by atoms with E-state index >= 15 is 0 Å². The third kappa shape index (κ3) is 4.47. The minimum Gasteiger partial charge on any atom is -0.271 e. The topological polar surface area (TPSA) is 55.9 Å². The van der Waals surface area contributed by atoms with E-state index in [9.17, 15) is 0 Å². The summed E-state index contributed by atoms with van der Waals surface area (Å²) in [7, 11) is 0. The van der Waals surface area contributed by atoms with Crippen molar-refractivity contribution < 1.29 is 0 Å². The van der Waals surface area contributed by atoms with E-state index in [0.717, 1.165) is 28.9 Å². The summed E-state index contributed by atoms with van der Waals surface area (Å²) in [6.07, 6.45) is 2.68. The van der Waals surface area contributed by atoms with E-state index in [1.54, 1.807) is 18.0 Å². The molecule has 1 atom stereocenters. The second kappa shape index (κ2) is 8.19. The highest BCUT2D eigenvalue weighted by molar-refractivity contribution is 9.10. The van der Waals surface area contributed by atoms with Crippen LogP contribution in [0.2, 0.25) is 5.02 Å².